The number of nitrogens with zero attached hydrogens (tertiary/aromatic N) is 2. The van der Waals surface area contributed by atoms with Crippen molar-refractivity contribution in [3.8, 4) is 17.1 Å². The summed E-state index contributed by atoms with van der Waals surface area (Å²) in [6, 6.07) is 23.4. The van der Waals surface area contributed by atoms with Crippen LogP contribution in [0.3, 0.4) is 0 Å². The Morgan fingerprint density at radius 1 is 1.00 bits per heavy atom. The summed E-state index contributed by atoms with van der Waals surface area (Å²) in [7, 11) is 0. The summed E-state index contributed by atoms with van der Waals surface area (Å²) in [5, 5.41) is 4.69. The quantitative estimate of drug-likeness (QED) is 0.300. The van der Waals surface area contributed by atoms with E-state index in [1.165, 1.54) is 11.8 Å². The van der Waals surface area contributed by atoms with E-state index in [0.29, 0.717) is 23.9 Å². The highest BCUT2D eigenvalue weighted by atomic mass is 32.2. The molecule has 5 nitrogen and oxygen atoms in total. The molecule has 6 heteroatoms. The van der Waals surface area contributed by atoms with Gasteiger partial charge in [0.1, 0.15) is 10.8 Å². The molecule has 0 saturated heterocycles. The van der Waals surface area contributed by atoms with E-state index < -0.39 is 0 Å². The Bertz CT molecular complexity index is 1210. The molecule has 0 aliphatic rings. The number of fused-ring (bicyclic) bond motifs is 1. The fourth-order valence-electron chi connectivity index (χ4n) is 3.21. The van der Waals surface area contributed by atoms with Crippen LogP contribution in [0.5, 0.6) is 5.75 Å². The molecule has 0 fully saturated rings. The molecule has 156 valence electrons. The fraction of sp³-hybridized carbons (Fsp3) is 0.160. The molecule has 1 amide bonds. The number of aromatic nitrogens is 2. The summed E-state index contributed by atoms with van der Waals surface area (Å²) in [4.78, 5) is 22.2. The van der Waals surface area contributed by atoms with Crippen molar-refractivity contribution < 1.29 is 9.53 Å². The van der Waals surface area contributed by atoms with Crippen LogP contribution in [0.15, 0.2) is 77.8 Å². The lowest BCUT2D eigenvalue weighted by molar-refractivity contribution is -0.113. The maximum Gasteiger partial charge on any atom is 0.234 e. The van der Waals surface area contributed by atoms with Gasteiger partial charge in [-0.15, -0.1) is 0 Å². The third-order valence-electron chi connectivity index (χ3n) is 4.65. The molecule has 0 aliphatic carbocycles. The van der Waals surface area contributed by atoms with Crippen molar-refractivity contribution in [1.82, 2.24) is 9.97 Å². The van der Waals surface area contributed by atoms with Crippen molar-refractivity contribution in [3.63, 3.8) is 0 Å². The van der Waals surface area contributed by atoms with Crippen molar-refractivity contribution in [2.45, 2.75) is 18.9 Å². The Labute approximate surface area is 185 Å². The molecule has 0 radical (unpaired) electrons. The van der Waals surface area contributed by atoms with Gasteiger partial charge in [0.15, 0.2) is 5.82 Å². The Morgan fingerprint density at radius 3 is 2.58 bits per heavy atom. The van der Waals surface area contributed by atoms with Crippen LogP contribution in [0, 0.1) is 6.92 Å². The van der Waals surface area contributed by atoms with Crippen molar-refractivity contribution in [1.29, 1.82) is 0 Å². The first-order valence-electron chi connectivity index (χ1n) is 10.1. The predicted octanol–water partition coefficient (Wildman–Crippen LogP) is 5.73. The van der Waals surface area contributed by atoms with Crippen LogP contribution in [-0.2, 0) is 4.79 Å². The molecule has 4 rings (SSSR count). The van der Waals surface area contributed by atoms with E-state index in [9.17, 15) is 4.79 Å². The second kappa shape index (κ2) is 9.62. The third-order valence-corrected chi connectivity index (χ3v) is 5.64. The first-order chi connectivity index (χ1) is 15.1. The molecule has 31 heavy (non-hydrogen) atoms. The van der Waals surface area contributed by atoms with E-state index >= 15 is 0 Å². The third kappa shape index (κ3) is 5.03. The van der Waals surface area contributed by atoms with Crippen molar-refractivity contribution in [2.75, 3.05) is 17.7 Å². The Hall–Kier alpha value is -3.38. The van der Waals surface area contributed by atoms with E-state index in [4.69, 9.17) is 14.7 Å². The van der Waals surface area contributed by atoms with Crippen LogP contribution in [0.25, 0.3) is 22.3 Å². The fourth-order valence-corrected chi connectivity index (χ4v) is 4.02. The highest BCUT2D eigenvalue weighted by Crippen LogP contribution is 2.30. The lowest BCUT2D eigenvalue weighted by Crippen LogP contribution is -2.15. The Balaban J connectivity index is 1.59. The van der Waals surface area contributed by atoms with Gasteiger partial charge in [-0.25, -0.2) is 9.97 Å². The number of ether oxygens (including phenoxy) is 1. The molecular weight excluding hydrogens is 406 g/mol. The number of carbonyl (C=O) groups excluding carboxylic acids is 1. The van der Waals surface area contributed by atoms with E-state index in [1.54, 1.807) is 0 Å². The second-order valence-electron chi connectivity index (χ2n) is 7.01. The average molecular weight is 430 g/mol. The van der Waals surface area contributed by atoms with Crippen molar-refractivity contribution >= 4 is 34.3 Å². The summed E-state index contributed by atoms with van der Waals surface area (Å²) in [5.74, 6) is 1.44. The van der Waals surface area contributed by atoms with Gasteiger partial charge in [-0.2, -0.15) is 0 Å². The Morgan fingerprint density at radius 2 is 1.77 bits per heavy atom. The van der Waals surface area contributed by atoms with Gasteiger partial charge in [-0.1, -0.05) is 65.9 Å². The SMILES string of the molecule is CCOc1ccccc1NC(=O)CSc1nc(-c2ccccc2)nc2ccc(C)cc12. The van der Waals surface area contributed by atoms with E-state index in [1.807, 2.05) is 80.6 Å². The molecule has 1 aromatic heterocycles. The van der Waals surface area contributed by atoms with Gasteiger partial charge in [0.25, 0.3) is 0 Å². The van der Waals surface area contributed by atoms with E-state index in [-0.39, 0.29) is 11.7 Å². The number of hydrogen-bond donors (Lipinski definition) is 1. The number of rotatable bonds is 7. The zero-order valence-electron chi connectivity index (χ0n) is 17.5. The number of amides is 1. The van der Waals surface area contributed by atoms with Gasteiger partial charge < -0.3 is 10.1 Å². The van der Waals surface area contributed by atoms with Crippen molar-refractivity contribution in [2.24, 2.45) is 0 Å². The number of nitrogens with one attached hydrogen (secondary N) is 1. The first-order valence-corrected chi connectivity index (χ1v) is 11.1. The number of benzene rings is 3. The van der Waals surface area contributed by atoms with Gasteiger partial charge in [-0.05, 0) is 38.1 Å². The average Bonchev–Trinajstić information content (AvgIpc) is 2.79. The predicted molar refractivity (Wildman–Crippen MR) is 127 cm³/mol. The molecule has 4 aromatic rings. The van der Waals surface area contributed by atoms with Crippen LogP contribution in [0.1, 0.15) is 12.5 Å². The summed E-state index contributed by atoms with van der Waals surface area (Å²) in [6.07, 6.45) is 0. The minimum atomic E-state index is -0.113. The minimum absolute atomic E-state index is 0.113. The summed E-state index contributed by atoms with van der Waals surface area (Å²) in [6.45, 7) is 4.49. The van der Waals surface area contributed by atoms with Crippen LogP contribution in [0.2, 0.25) is 0 Å². The van der Waals surface area contributed by atoms with Crippen LogP contribution in [-0.4, -0.2) is 28.2 Å². The molecule has 0 spiro atoms. The molecular formula is C25H23N3O2S. The van der Waals surface area contributed by atoms with Gasteiger partial charge in [0.2, 0.25) is 5.91 Å². The number of anilines is 1. The molecule has 1 heterocycles. The Kier molecular flexibility index (Phi) is 6.48. The second-order valence-corrected chi connectivity index (χ2v) is 7.97. The number of aryl methyl sites for hydroxylation is 1. The lowest BCUT2D eigenvalue weighted by Gasteiger charge is -2.12. The number of carbonyl (C=O) groups is 1. The van der Waals surface area contributed by atoms with Crippen LogP contribution in [0.4, 0.5) is 5.69 Å². The normalized spacial score (nSPS) is 10.8. The van der Waals surface area contributed by atoms with Crippen LogP contribution < -0.4 is 10.1 Å². The number of hydrogen-bond acceptors (Lipinski definition) is 5. The smallest absolute Gasteiger partial charge is 0.234 e. The maximum atomic E-state index is 12.7. The molecule has 0 bridgehead atoms. The summed E-state index contributed by atoms with van der Waals surface area (Å²) >= 11 is 1.41. The molecule has 0 atom stereocenters. The van der Waals surface area contributed by atoms with Gasteiger partial charge in [0, 0.05) is 10.9 Å². The monoisotopic (exact) mass is 429 g/mol. The molecule has 1 N–H and O–H groups in total. The summed E-state index contributed by atoms with van der Waals surface area (Å²) < 4.78 is 5.59. The van der Waals surface area contributed by atoms with Crippen LogP contribution >= 0.6 is 11.8 Å². The lowest BCUT2D eigenvalue weighted by atomic mass is 10.1. The van der Waals surface area contributed by atoms with Gasteiger partial charge in [0.05, 0.1) is 23.6 Å². The largest absolute Gasteiger partial charge is 0.492 e. The maximum absolute atomic E-state index is 12.7. The minimum Gasteiger partial charge on any atom is -0.492 e. The highest BCUT2D eigenvalue weighted by Gasteiger charge is 2.13. The molecule has 0 saturated carbocycles. The van der Waals surface area contributed by atoms with E-state index in [0.717, 1.165) is 27.1 Å². The zero-order valence-corrected chi connectivity index (χ0v) is 18.3. The number of para-hydroxylation sites is 2. The standard InChI is InChI=1S/C25H23N3O2S/c1-3-30-22-12-8-7-11-21(22)26-23(29)16-31-25-19-15-17(2)13-14-20(19)27-24(28-25)18-9-5-4-6-10-18/h4-15H,3,16H2,1-2H3,(H,26,29). The van der Waals surface area contributed by atoms with Gasteiger partial charge in [-0.3, -0.25) is 4.79 Å². The zero-order chi connectivity index (χ0) is 21.6. The van der Waals surface area contributed by atoms with Crippen molar-refractivity contribution in [3.05, 3.63) is 78.4 Å². The topological polar surface area (TPSA) is 64.1 Å². The molecule has 3 aromatic carbocycles. The molecule has 0 aliphatic heterocycles. The van der Waals surface area contributed by atoms with E-state index in [2.05, 4.69) is 11.4 Å². The van der Waals surface area contributed by atoms with Gasteiger partial charge >= 0.3 is 0 Å². The summed E-state index contributed by atoms with van der Waals surface area (Å²) in [5.41, 5.74) is 3.61. The highest BCUT2D eigenvalue weighted by molar-refractivity contribution is 8.00. The number of thioether (sulfide) groups is 1. The first kappa shape index (κ1) is 20.9. The molecule has 0 unspecified atom stereocenters.